The maximum Gasteiger partial charge on any atom is 0.337 e. The van der Waals surface area contributed by atoms with Crippen molar-refractivity contribution in [2.75, 3.05) is 33.2 Å². The van der Waals surface area contributed by atoms with Crippen LogP contribution in [0.5, 0.6) is 5.75 Å². The van der Waals surface area contributed by atoms with E-state index in [0.29, 0.717) is 59.6 Å². The predicted molar refractivity (Wildman–Crippen MR) is 125 cm³/mol. The standard InChI is InChI=1S/C23H24N4O5S/c1-30-13-5-12-26-20(28)18-6-3-4-7-19(18)27-22(26)24-25-23(27)33-15-14-32-17-10-8-16(9-11-17)21(29)31-2/h3-4,6-11H,5,12-15H2,1-2H3. The summed E-state index contributed by atoms with van der Waals surface area (Å²) in [6.45, 7) is 1.48. The van der Waals surface area contributed by atoms with Gasteiger partial charge in [0.05, 0.1) is 30.2 Å². The maximum absolute atomic E-state index is 13.0. The fourth-order valence-corrected chi connectivity index (χ4v) is 4.25. The monoisotopic (exact) mass is 468 g/mol. The van der Waals surface area contributed by atoms with Crippen molar-refractivity contribution in [3.63, 3.8) is 0 Å². The Morgan fingerprint density at radius 2 is 1.82 bits per heavy atom. The largest absolute Gasteiger partial charge is 0.493 e. The summed E-state index contributed by atoms with van der Waals surface area (Å²) in [6.07, 6.45) is 0.697. The highest BCUT2D eigenvalue weighted by Crippen LogP contribution is 2.22. The van der Waals surface area contributed by atoms with Crippen LogP contribution in [0.3, 0.4) is 0 Å². The molecule has 0 atom stereocenters. The van der Waals surface area contributed by atoms with E-state index in [2.05, 4.69) is 10.2 Å². The number of hydrogen-bond acceptors (Lipinski definition) is 8. The van der Waals surface area contributed by atoms with Crippen molar-refractivity contribution < 1.29 is 19.0 Å². The van der Waals surface area contributed by atoms with Crippen molar-refractivity contribution in [2.24, 2.45) is 0 Å². The van der Waals surface area contributed by atoms with E-state index in [1.165, 1.54) is 18.9 Å². The molecule has 0 bridgehead atoms. The van der Waals surface area contributed by atoms with E-state index >= 15 is 0 Å². The van der Waals surface area contributed by atoms with Gasteiger partial charge in [-0.15, -0.1) is 10.2 Å². The third-order valence-electron chi connectivity index (χ3n) is 5.07. The highest BCUT2D eigenvalue weighted by molar-refractivity contribution is 7.99. The number of aromatic nitrogens is 4. The Kier molecular flexibility index (Phi) is 7.26. The molecule has 10 heteroatoms. The van der Waals surface area contributed by atoms with Crippen LogP contribution in [0.25, 0.3) is 16.7 Å². The highest BCUT2D eigenvalue weighted by Gasteiger charge is 2.16. The van der Waals surface area contributed by atoms with Crippen molar-refractivity contribution in [3.8, 4) is 5.75 Å². The lowest BCUT2D eigenvalue weighted by Gasteiger charge is -2.11. The van der Waals surface area contributed by atoms with E-state index in [0.717, 1.165) is 5.52 Å². The van der Waals surface area contributed by atoms with Crippen molar-refractivity contribution >= 4 is 34.4 Å². The van der Waals surface area contributed by atoms with Crippen LogP contribution < -0.4 is 10.3 Å². The predicted octanol–water partition coefficient (Wildman–Crippen LogP) is 3.04. The van der Waals surface area contributed by atoms with Gasteiger partial charge in [-0.3, -0.25) is 13.8 Å². The van der Waals surface area contributed by atoms with E-state index in [9.17, 15) is 9.59 Å². The average molecular weight is 469 g/mol. The van der Waals surface area contributed by atoms with E-state index in [-0.39, 0.29) is 11.5 Å². The summed E-state index contributed by atoms with van der Waals surface area (Å²) in [5.41, 5.74) is 1.15. The van der Waals surface area contributed by atoms with Crippen LogP contribution in [0.1, 0.15) is 16.8 Å². The summed E-state index contributed by atoms with van der Waals surface area (Å²) >= 11 is 1.50. The highest BCUT2D eigenvalue weighted by atomic mass is 32.2. The fraction of sp³-hybridized carbons (Fsp3) is 0.304. The molecule has 2 aromatic carbocycles. The second-order valence-electron chi connectivity index (χ2n) is 7.15. The summed E-state index contributed by atoms with van der Waals surface area (Å²) in [7, 11) is 2.99. The molecule has 0 fully saturated rings. The van der Waals surface area contributed by atoms with Gasteiger partial charge in [0.25, 0.3) is 5.56 Å². The Hall–Kier alpha value is -3.37. The number of aryl methyl sites for hydroxylation is 1. The first kappa shape index (κ1) is 22.8. The smallest absolute Gasteiger partial charge is 0.337 e. The molecule has 0 aliphatic carbocycles. The van der Waals surface area contributed by atoms with Crippen LogP contribution in [0.15, 0.2) is 58.5 Å². The van der Waals surface area contributed by atoms with Crippen LogP contribution in [-0.4, -0.2) is 58.3 Å². The first-order chi connectivity index (χ1) is 16.1. The van der Waals surface area contributed by atoms with Gasteiger partial charge in [-0.1, -0.05) is 23.9 Å². The van der Waals surface area contributed by atoms with Gasteiger partial charge in [0.2, 0.25) is 5.78 Å². The molecule has 0 radical (unpaired) electrons. The SMILES string of the molecule is COCCCn1c(=O)c2ccccc2n2c(SCCOc3ccc(C(=O)OC)cc3)nnc12. The van der Waals surface area contributed by atoms with Gasteiger partial charge in [-0.25, -0.2) is 4.79 Å². The number of fused-ring (bicyclic) bond motifs is 3. The van der Waals surface area contributed by atoms with Crippen molar-refractivity contribution in [3.05, 3.63) is 64.4 Å². The number of hydrogen-bond donors (Lipinski definition) is 0. The zero-order valence-corrected chi connectivity index (χ0v) is 19.2. The van der Waals surface area contributed by atoms with Gasteiger partial charge >= 0.3 is 5.97 Å². The molecule has 0 unspecified atom stereocenters. The van der Waals surface area contributed by atoms with Crippen molar-refractivity contribution in [1.82, 2.24) is 19.2 Å². The number of nitrogens with zero attached hydrogens (tertiary/aromatic N) is 4. The lowest BCUT2D eigenvalue weighted by Crippen LogP contribution is -2.24. The zero-order valence-electron chi connectivity index (χ0n) is 18.4. The third kappa shape index (κ3) is 4.86. The van der Waals surface area contributed by atoms with Gasteiger partial charge in [-0.2, -0.15) is 0 Å². The fourth-order valence-electron chi connectivity index (χ4n) is 3.49. The summed E-state index contributed by atoms with van der Waals surface area (Å²) in [5, 5.41) is 9.95. The van der Waals surface area contributed by atoms with Gasteiger partial charge in [0.1, 0.15) is 5.75 Å². The molecule has 0 aliphatic heterocycles. The minimum Gasteiger partial charge on any atom is -0.493 e. The molecule has 0 aliphatic rings. The summed E-state index contributed by atoms with van der Waals surface area (Å²) < 4.78 is 19.2. The number of rotatable bonds is 10. The minimum atomic E-state index is -0.385. The Balaban J connectivity index is 1.51. The molecule has 0 saturated heterocycles. The Morgan fingerprint density at radius 3 is 2.58 bits per heavy atom. The van der Waals surface area contributed by atoms with Crippen LogP contribution in [0.4, 0.5) is 0 Å². The van der Waals surface area contributed by atoms with E-state index in [1.54, 1.807) is 35.9 Å². The van der Waals surface area contributed by atoms with Gasteiger partial charge in [0, 0.05) is 26.0 Å². The summed E-state index contributed by atoms with van der Waals surface area (Å²) in [5.74, 6) is 1.41. The Morgan fingerprint density at radius 1 is 1.03 bits per heavy atom. The lowest BCUT2D eigenvalue weighted by molar-refractivity contribution is 0.0600. The number of carbonyl (C=O) groups excluding carboxylic acids is 1. The van der Waals surface area contributed by atoms with Crippen molar-refractivity contribution in [1.29, 1.82) is 0 Å². The molecular weight excluding hydrogens is 444 g/mol. The molecule has 4 aromatic rings. The second-order valence-corrected chi connectivity index (χ2v) is 8.21. The van der Waals surface area contributed by atoms with Gasteiger partial charge in [0.15, 0.2) is 5.16 Å². The summed E-state index contributed by atoms with van der Waals surface area (Å²) in [6, 6.07) is 14.3. The third-order valence-corrected chi connectivity index (χ3v) is 5.96. The summed E-state index contributed by atoms with van der Waals surface area (Å²) in [4.78, 5) is 24.6. The zero-order chi connectivity index (χ0) is 23.2. The number of thioether (sulfide) groups is 1. The molecule has 2 heterocycles. The van der Waals surface area contributed by atoms with Crippen LogP contribution >= 0.6 is 11.8 Å². The number of methoxy groups -OCH3 is 2. The molecule has 0 saturated carbocycles. The molecule has 0 N–H and O–H groups in total. The van der Waals surface area contributed by atoms with Gasteiger partial charge in [-0.05, 0) is 42.8 Å². The lowest BCUT2D eigenvalue weighted by atomic mass is 10.2. The Bertz CT molecular complexity index is 1320. The number of para-hydroxylation sites is 1. The first-order valence-corrected chi connectivity index (χ1v) is 11.4. The average Bonchev–Trinajstić information content (AvgIpc) is 3.27. The Labute approximate surface area is 194 Å². The molecule has 9 nitrogen and oxygen atoms in total. The topological polar surface area (TPSA) is 97.0 Å². The molecule has 2 aromatic heterocycles. The van der Waals surface area contributed by atoms with E-state index in [4.69, 9.17) is 14.2 Å². The second kappa shape index (κ2) is 10.5. The quantitative estimate of drug-likeness (QED) is 0.199. The van der Waals surface area contributed by atoms with Crippen LogP contribution in [-0.2, 0) is 16.0 Å². The number of carbonyl (C=O) groups is 1. The van der Waals surface area contributed by atoms with Crippen LogP contribution in [0.2, 0.25) is 0 Å². The first-order valence-electron chi connectivity index (χ1n) is 10.4. The molecule has 0 amide bonds. The van der Waals surface area contributed by atoms with Gasteiger partial charge < -0.3 is 14.2 Å². The maximum atomic E-state index is 13.0. The molecule has 0 spiro atoms. The van der Waals surface area contributed by atoms with Crippen molar-refractivity contribution in [2.45, 2.75) is 18.1 Å². The molecule has 4 rings (SSSR count). The van der Waals surface area contributed by atoms with Crippen LogP contribution in [0, 0.1) is 0 Å². The number of ether oxygens (including phenoxy) is 3. The van der Waals surface area contributed by atoms with E-state index in [1.807, 2.05) is 28.7 Å². The molecular formula is C23H24N4O5S. The normalized spacial score (nSPS) is 11.2. The molecule has 172 valence electrons. The minimum absolute atomic E-state index is 0.0862. The number of benzene rings is 2. The van der Waals surface area contributed by atoms with E-state index < -0.39 is 0 Å². The number of esters is 1. The molecule has 33 heavy (non-hydrogen) atoms.